The Balaban J connectivity index is 1.81. The van der Waals surface area contributed by atoms with Crippen LogP contribution in [0.3, 0.4) is 0 Å². The topological polar surface area (TPSA) is 47.5 Å². The van der Waals surface area contributed by atoms with E-state index in [1.807, 2.05) is 12.1 Å². The van der Waals surface area contributed by atoms with E-state index >= 15 is 0 Å². The number of hydrogen-bond donors (Lipinski definition) is 0. The number of thiophene rings is 1. The van der Waals surface area contributed by atoms with Crippen molar-refractivity contribution in [2.75, 3.05) is 25.1 Å². The Morgan fingerprint density at radius 2 is 1.84 bits per heavy atom. The summed E-state index contributed by atoms with van der Waals surface area (Å²) >= 11 is 1.66. The van der Waals surface area contributed by atoms with E-state index in [0.717, 1.165) is 40.4 Å². The zero-order chi connectivity index (χ0) is 17.4. The number of fused-ring (bicyclic) bond motifs is 1. The highest BCUT2D eigenvalue weighted by atomic mass is 32.1. The second kappa shape index (κ2) is 6.61. The molecule has 25 heavy (non-hydrogen) atoms. The van der Waals surface area contributed by atoms with Gasteiger partial charge in [0, 0.05) is 24.0 Å². The maximum absolute atomic E-state index is 5.88. The van der Waals surface area contributed by atoms with Crippen LogP contribution in [-0.4, -0.2) is 42.4 Å². The normalized spacial score (nSPS) is 20.8. The Morgan fingerprint density at radius 3 is 2.52 bits per heavy atom. The Labute approximate surface area is 151 Å². The summed E-state index contributed by atoms with van der Waals surface area (Å²) in [4.78, 5) is 12.5. The van der Waals surface area contributed by atoms with Gasteiger partial charge >= 0.3 is 0 Å². The molecule has 0 saturated carbocycles. The van der Waals surface area contributed by atoms with Crippen LogP contribution < -0.4 is 9.64 Å². The number of hydrogen-bond acceptors (Lipinski definition) is 6. The van der Waals surface area contributed by atoms with Crippen LogP contribution in [0.1, 0.15) is 13.8 Å². The Bertz CT molecular complexity index is 868. The second-order valence-electron chi connectivity index (χ2n) is 6.42. The molecule has 2 atom stereocenters. The monoisotopic (exact) mass is 355 g/mol. The summed E-state index contributed by atoms with van der Waals surface area (Å²) in [5.41, 5.74) is 2.32. The second-order valence-corrected chi connectivity index (χ2v) is 7.28. The van der Waals surface area contributed by atoms with Crippen molar-refractivity contribution in [1.29, 1.82) is 0 Å². The SMILES string of the molecule is COc1ccc(-c2csc3ncnc(N4C[C@H](C)O[C@@H](C)C4)c23)cc1. The first-order valence-corrected chi connectivity index (χ1v) is 9.30. The van der Waals surface area contributed by atoms with Gasteiger partial charge in [-0.2, -0.15) is 0 Å². The first-order valence-electron chi connectivity index (χ1n) is 8.42. The lowest BCUT2D eigenvalue weighted by Crippen LogP contribution is -2.45. The van der Waals surface area contributed by atoms with Crippen LogP contribution in [0.25, 0.3) is 21.3 Å². The van der Waals surface area contributed by atoms with E-state index in [2.05, 4.69) is 46.2 Å². The summed E-state index contributed by atoms with van der Waals surface area (Å²) < 4.78 is 11.1. The number of nitrogens with zero attached hydrogens (tertiary/aromatic N) is 3. The minimum Gasteiger partial charge on any atom is -0.497 e. The molecule has 1 saturated heterocycles. The Morgan fingerprint density at radius 1 is 1.12 bits per heavy atom. The molecule has 0 amide bonds. The van der Waals surface area contributed by atoms with Crippen LogP contribution in [-0.2, 0) is 4.74 Å². The van der Waals surface area contributed by atoms with Crippen molar-refractivity contribution in [3.63, 3.8) is 0 Å². The number of anilines is 1. The molecule has 0 spiro atoms. The largest absolute Gasteiger partial charge is 0.497 e. The van der Waals surface area contributed by atoms with Gasteiger partial charge in [-0.15, -0.1) is 11.3 Å². The Hall–Kier alpha value is -2.18. The van der Waals surface area contributed by atoms with E-state index < -0.39 is 0 Å². The lowest BCUT2D eigenvalue weighted by atomic mass is 10.1. The molecule has 6 heteroatoms. The van der Waals surface area contributed by atoms with Crippen molar-refractivity contribution in [2.24, 2.45) is 0 Å². The number of methoxy groups -OCH3 is 1. The third-order valence-corrected chi connectivity index (χ3v) is 5.36. The summed E-state index contributed by atoms with van der Waals surface area (Å²) in [5.74, 6) is 1.86. The maximum Gasteiger partial charge on any atom is 0.141 e. The van der Waals surface area contributed by atoms with Crippen LogP contribution in [0.15, 0.2) is 36.0 Å². The molecule has 2 aromatic heterocycles. The fourth-order valence-electron chi connectivity index (χ4n) is 3.43. The van der Waals surface area contributed by atoms with Crippen molar-refractivity contribution in [3.05, 3.63) is 36.0 Å². The highest BCUT2D eigenvalue weighted by molar-refractivity contribution is 7.17. The summed E-state index contributed by atoms with van der Waals surface area (Å²) in [7, 11) is 1.68. The van der Waals surface area contributed by atoms with Gasteiger partial charge in [-0.1, -0.05) is 12.1 Å². The number of benzene rings is 1. The molecule has 1 aromatic carbocycles. The van der Waals surface area contributed by atoms with Crippen LogP contribution in [0.2, 0.25) is 0 Å². The molecule has 0 unspecified atom stereocenters. The molecular formula is C19H21N3O2S. The standard InChI is InChI=1S/C19H21N3O2S/c1-12-8-22(9-13(2)24-12)18-17-16(10-25-19(17)21-11-20-18)14-4-6-15(23-3)7-5-14/h4-7,10-13H,8-9H2,1-3H3/t12-,13-/m0/s1. The van der Waals surface area contributed by atoms with E-state index in [-0.39, 0.29) is 12.2 Å². The van der Waals surface area contributed by atoms with E-state index in [4.69, 9.17) is 9.47 Å². The van der Waals surface area contributed by atoms with E-state index in [1.165, 1.54) is 5.56 Å². The van der Waals surface area contributed by atoms with Crippen LogP contribution >= 0.6 is 11.3 Å². The number of rotatable bonds is 3. The first kappa shape index (κ1) is 16.3. The van der Waals surface area contributed by atoms with Crippen molar-refractivity contribution in [3.8, 4) is 16.9 Å². The molecule has 1 aliphatic rings. The molecule has 0 bridgehead atoms. The average Bonchev–Trinajstić information content (AvgIpc) is 3.05. The summed E-state index contributed by atoms with van der Waals surface area (Å²) in [5, 5.41) is 3.29. The molecule has 3 heterocycles. The minimum atomic E-state index is 0.192. The maximum atomic E-state index is 5.88. The minimum absolute atomic E-state index is 0.192. The van der Waals surface area contributed by atoms with Crippen LogP contribution in [0, 0.1) is 0 Å². The lowest BCUT2D eigenvalue weighted by molar-refractivity contribution is -0.00537. The van der Waals surface area contributed by atoms with Crippen molar-refractivity contribution >= 4 is 27.4 Å². The number of aromatic nitrogens is 2. The zero-order valence-corrected chi connectivity index (χ0v) is 15.4. The molecule has 0 radical (unpaired) electrons. The quantitative estimate of drug-likeness (QED) is 0.711. The van der Waals surface area contributed by atoms with E-state index in [1.54, 1.807) is 24.8 Å². The molecule has 0 aliphatic carbocycles. The number of ether oxygens (including phenoxy) is 2. The van der Waals surface area contributed by atoms with Gasteiger partial charge in [0.05, 0.1) is 24.7 Å². The molecular weight excluding hydrogens is 334 g/mol. The van der Waals surface area contributed by atoms with Gasteiger partial charge in [-0.05, 0) is 31.5 Å². The third kappa shape index (κ3) is 3.07. The predicted molar refractivity (Wildman–Crippen MR) is 102 cm³/mol. The van der Waals surface area contributed by atoms with Crippen molar-refractivity contribution in [1.82, 2.24) is 9.97 Å². The molecule has 3 aromatic rings. The smallest absolute Gasteiger partial charge is 0.141 e. The summed E-state index contributed by atoms with van der Waals surface area (Å²) in [6.45, 7) is 5.90. The average molecular weight is 355 g/mol. The van der Waals surface area contributed by atoms with Gasteiger partial charge in [0.15, 0.2) is 0 Å². The van der Waals surface area contributed by atoms with Gasteiger partial charge in [-0.3, -0.25) is 0 Å². The summed E-state index contributed by atoms with van der Waals surface area (Å²) in [6, 6.07) is 8.14. The fourth-order valence-corrected chi connectivity index (χ4v) is 4.34. The van der Waals surface area contributed by atoms with Crippen LogP contribution in [0.4, 0.5) is 5.82 Å². The fraction of sp³-hybridized carbons (Fsp3) is 0.368. The van der Waals surface area contributed by atoms with Gasteiger partial charge < -0.3 is 14.4 Å². The lowest BCUT2D eigenvalue weighted by Gasteiger charge is -2.36. The molecule has 130 valence electrons. The zero-order valence-electron chi connectivity index (χ0n) is 14.6. The number of morpholine rings is 1. The van der Waals surface area contributed by atoms with Gasteiger partial charge in [-0.25, -0.2) is 9.97 Å². The van der Waals surface area contributed by atoms with Gasteiger partial charge in [0.2, 0.25) is 0 Å². The molecule has 4 rings (SSSR count). The van der Waals surface area contributed by atoms with Crippen molar-refractivity contribution in [2.45, 2.75) is 26.1 Å². The molecule has 0 N–H and O–H groups in total. The Kier molecular flexibility index (Phi) is 4.31. The molecule has 5 nitrogen and oxygen atoms in total. The highest BCUT2D eigenvalue weighted by Gasteiger charge is 2.26. The molecule has 1 aliphatic heterocycles. The molecule has 1 fully saturated rings. The van der Waals surface area contributed by atoms with Gasteiger partial charge in [0.1, 0.15) is 22.7 Å². The first-order chi connectivity index (χ1) is 12.2. The summed E-state index contributed by atoms with van der Waals surface area (Å²) in [6.07, 6.45) is 2.05. The van der Waals surface area contributed by atoms with Gasteiger partial charge in [0.25, 0.3) is 0 Å². The highest BCUT2D eigenvalue weighted by Crippen LogP contribution is 2.38. The van der Waals surface area contributed by atoms with Crippen LogP contribution in [0.5, 0.6) is 5.75 Å². The van der Waals surface area contributed by atoms with Crippen molar-refractivity contribution < 1.29 is 9.47 Å². The van der Waals surface area contributed by atoms with E-state index in [9.17, 15) is 0 Å². The predicted octanol–water partition coefficient (Wildman–Crippen LogP) is 3.98. The third-order valence-electron chi connectivity index (χ3n) is 4.47. The van der Waals surface area contributed by atoms with E-state index in [0.29, 0.717) is 0 Å².